The highest BCUT2D eigenvalue weighted by atomic mass is 16.5. The van der Waals surface area contributed by atoms with Crippen LogP contribution in [0.2, 0.25) is 0 Å². The monoisotopic (exact) mass is 379 g/mol. The van der Waals surface area contributed by atoms with E-state index < -0.39 is 0 Å². The third-order valence-electron chi connectivity index (χ3n) is 3.93. The van der Waals surface area contributed by atoms with Crippen LogP contribution >= 0.6 is 0 Å². The van der Waals surface area contributed by atoms with Gasteiger partial charge in [0.25, 0.3) is 0 Å². The van der Waals surface area contributed by atoms with Gasteiger partial charge in [-0.2, -0.15) is 4.98 Å². The molecule has 0 amide bonds. The van der Waals surface area contributed by atoms with Crippen molar-refractivity contribution in [3.8, 4) is 17.1 Å². The summed E-state index contributed by atoms with van der Waals surface area (Å²) >= 11 is 0. The van der Waals surface area contributed by atoms with Gasteiger partial charge in [-0.1, -0.05) is 42.4 Å². The third kappa shape index (κ3) is 5.33. The molecule has 1 unspecified atom stereocenters. The topological polar surface area (TPSA) is 98.6 Å². The molecule has 3 aromatic rings. The molecule has 1 heterocycles. The third-order valence-corrected chi connectivity index (χ3v) is 3.93. The number of benzene rings is 2. The summed E-state index contributed by atoms with van der Waals surface area (Å²) in [6.07, 6.45) is 0.138. The van der Waals surface area contributed by atoms with Crippen molar-refractivity contribution in [2.75, 3.05) is 11.9 Å². The summed E-state index contributed by atoms with van der Waals surface area (Å²) in [5, 5.41) is 7.10. The zero-order valence-corrected chi connectivity index (χ0v) is 16.3. The zero-order chi connectivity index (χ0) is 19.9. The molecule has 0 fully saturated rings. The molecule has 0 spiro atoms. The maximum Gasteiger partial charge on any atom is 0.231 e. The highest BCUT2D eigenvalue weighted by molar-refractivity contribution is 5.92. The first-order chi connectivity index (χ1) is 13.5. The number of aromatic nitrogens is 2. The largest absolute Gasteiger partial charge is 0.491 e. The van der Waals surface area contributed by atoms with E-state index in [9.17, 15) is 0 Å². The number of ether oxygens (including phenoxy) is 1. The molecule has 0 aliphatic carbocycles. The van der Waals surface area contributed by atoms with E-state index in [0.717, 1.165) is 17.0 Å². The molecule has 7 heteroatoms. The van der Waals surface area contributed by atoms with Gasteiger partial charge >= 0.3 is 0 Å². The number of nitrogens with zero attached hydrogens (tertiary/aromatic N) is 3. The van der Waals surface area contributed by atoms with Gasteiger partial charge in [0.05, 0.1) is 18.6 Å². The molecule has 7 nitrogen and oxygen atoms in total. The van der Waals surface area contributed by atoms with Crippen molar-refractivity contribution in [2.24, 2.45) is 10.7 Å². The first kappa shape index (κ1) is 19.4. The molecule has 1 aromatic heterocycles. The molecule has 0 saturated carbocycles. The summed E-state index contributed by atoms with van der Waals surface area (Å²) in [6, 6.07) is 17.3. The van der Waals surface area contributed by atoms with Crippen molar-refractivity contribution < 1.29 is 9.26 Å². The Kier molecular flexibility index (Phi) is 6.26. The Bertz CT molecular complexity index is 904. The zero-order valence-electron chi connectivity index (χ0n) is 16.3. The average Bonchev–Trinajstić information content (AvgIpc) is 3.18. The fourth-order valence-corrected chi connectivity index (χ4v) is 2.53. The summed E-state index contributed by atoms with van der Waals surface area (Å²) in [7, 11) is 0. The Morgan fingerprint density at radius 2 is 1.82 bits per heavy atom. The van der Waals surface area contributed by atoms with Crippen LogP contribution in [0, 0.1) is 0 Å². The van der Waals surface area contributed by atoms with Crippen LogP contribution in [0.4, 0.5) is 5.69 Å². The van der Waals surface area contributed by atoms with Crippen LogP contribution in [-0.2, 0) is 0 Å². The average molecular weight is 379 g/mol. The molecule has 3 rings (SSSR count). The first-order valence-electron chi connectivity index (χ1n) is 9.24. The number of hydrogen-bond acceptors (Lipinski definition) is 5. The maximum absolute atomic E-state index is 5.99. The number of rotatable bonds is 7. The quantitative estimate of drug-likeness (QED) is 0.474. The van der Waals surface area contributed by atoms with E-state index in [1.54, 1.807) is 0 Å². The SMILES string of the molecule is CC(C)Oc1ccc(NC(N)=NCC(C)c2nc(-c3ccccc3)no2)cc1. The molecule has 0 saturated heterocycles. The number of nitrogens with one attached hydrogen (secondary N) is 1. The van der Waals surface area contributed by atoms with Crippen molar-refractivity contribution in [3.63, 3.8) is 0 Å². The van der Waals surface area contributed by atoms with Crippen LogP contribution in [-0.4, -0.2) is 28.7 Å². The molecule has 0 bridgehead atoms. The van der Waals surface area contributed by atoms with Gasteiger partial charge < -0.3 is 20.3 Å². The van der Waals surface area contributed by atoms with Crippen LogP contribution in [0.5, 0.6) is 5.75 Å². The Morgan fingerprint density at radius 3 is 2.50 bits per heavy atom. The van der Waals surface area contributed by atoms with Gasteiger partial charge in [-0.15, -0.1) is 0 Å². The van der Waals surface area contributed by atoms with Crippen LogP contribution in [0.3, 0.4) is 0 Å². The minimum atomic E-state index is -0.0490. The van der Waals surface area contributed by atoms with Crippen LogP contribution in [0.25, 0.3) is 11.4 Å². The van der Waals surface area contributed by atoms with Crippen molar-refractivity contribution in [1.29, 1.82) is 0 Å². The Hall–Kier alpha value is -3.35. The lowest BCUT2D eigenvalue weighted by molar-refractivity contribution is 0.242. The highest BCUT2D eigenvalue weighted by Crippen LogP contribution is 2.20. The summed E-state index contributed by atoms with van der Waals surface area (Å²) in [6.45, 7) is 6.38. The fourth-order valence-electron chi connectivity index (χ4n) is 2.53. The second-order valence-electron chi connectivity index (χ2n) is 6.77. The number of nitrogens with two attached hydrogens (primary N) is 1. The van der Waals surface area contributed by atoms with E-state index in [1.165, 1.54) is 0 Å². The van der Waals surface area contributed by atoms with E-state index in [2.05, 4.69) is 20.4 Å². The van der Waals surface area contributed by atoms with Crippen LogP contribution < -0.4 is 15.8 Å². The lowest BCUT2D eigenvalue weighted by Crippen LogP contribution is -2.23. The van der Waals surface area contributed by atoms with Crippen molar-refractivity contribution in [3.05, 3.63) is 60.5 Å². The predicted octanol–water partition coefficient (Wildman–Crippen LogP) is 4.05. The summed E-state index contributed by atoms with van der Waals surface area (Å²) in [4.78, 5) is 8.83. The van der Waals surface area contributed by atoms with Gasteiger partial charge in [0.15, 0.2) is 5.96 Å². The Balaban J connectivity index is 1.56. The molecule has 0 radical (unpaired) electrons. The summed E-state index contributed by atoms with van der Waals surface area (Å²) in [5.74, 6) is 2.20. The minimum Gasteiger partial charge on any atom is -0.491 e. The molecular formula is C21H25N5O2. The number of hydrogen-bond donors (Lipinski definition) is 2. The van der Waals surface area contributed by atoms with Crippen LogP contribution in [0.15, 0.2) is 64.1 Å². The molecule has 146 valence electrons. The van der Waals surface area contributed by atoms with Gasteiger partial charge in [-0.3, -0.25) is 4.99 Å². The maximum atomic E-state index is 5.99. The highest BCUT2D eigenvalue weighted by Gasteiger charge is 2.15. The van der Waals surface area contributed by atoms with E-state index >= 15 is 0 Å². The normalized spacial score (nSPS) is 12.8. The molecule has 0 aliphatic heterocycles. The molecule has 2 aromatic carbocycles. The van der Waals surface area contributed by atoms with Crippen molar-refractivity contribution in [2.45, 2.75) is 32.8 Å². The number of aliphatic imine (C=N–C) groups is 1. The van der Waals surface area contributed by atoms with Gasteiger partial charge in [0.2, 0.25) is 11.7 Å². The second kappa shape index (κ2) is 9.03. The second-order valence-corrected chi connectivity index (χ2v) is 6.77. The molecule has 1 atom stereocenters. The molecule has 0 aliphatic rings. The van der Waals surface area contributed by atoms with E-state index in [1.807, 2.05) is 75.4 Å². The fraction of sp³-hybridized carbons (Fsp3) is 0.286. The predicted molar refractivity (Wildman–Crippen MR) is 110 cm³/mol. The smallest absolute Gasteiger partial charge is 0.231 e. The van der Waals surface area contributed by atoms with E-state index in [0.29, 0.717) is 24.2 Å². The Morgan fingerprint density at radius 1 is 1.11 bits per heavy atom. The standard InChI is InChI=1S/C21H25N5O2/c1-14(2)27-18-11-9-17(10-12-18)24-21(22)23-13-15(3)20-25-19(26-28-20)16-7-5-4-6-8-16/h4-12,14-15H,13H2,1-3H3,(H3,22,23,24). The van der Waals surface area contributed by atoms with Gasteiger partial charge in [-0.25, -0.2) is 0 Å². The lowest BCUT2D eigenvalue weighted by Gasteiger charge is -2.11. The van der Waals surface area contributed by atoms with Crippen molar-refractivity contribution >= 4 is 11.6 Å². The Labute approximate surface area is 164 Å². The van der Waals surface area contributed by atoms with E-state index in [4.69, 9.17) is 15.0 Å². The van der Waals surface area contributed by atoms with Gasteiger partial charge in [0.1, 0.15) is 5.75 Å². The number of anilines is 1. The molecule has 28 heavy (non-hydrogen) atoms. The van der Waals surface area contributed by atoms with E-state index in [-0.39, 0.29) is 12.0 Å². The summed E-state index contributed by atoms with van der Waals surface area (Å²) < 4.78 is 11.0. The van der Waals surface area contributed by atoms with Crippen molar-refractivity contribution in [1.82, 2.24) is 10.1 Å². The minimum absolute atomic E-state index is 0.0490. The van der Waals surface area contributed by atoms with Crippen LogP contribution in [0.1, 0.15) is 32.6 Å². The van der Waals surface area contributed by atoms with Gasteiger partial charge in [-0.05, 0) is 38.1 Å². The number of guanidine groups is 1. The molecular weight excluding hydrogens is 354 g/mol. The lowest BCUT2D eigenvalue weighted by atomic mass is 10.2. The molecule has 3 N–H and O–H groups in total. The first-order valence-corrected chi connectivity index (χ1v) is 9.24. The summed E-state index contributed by atoms with van der Waals surface area (Å²) in [5.41, 5.74) is 7.75. The van der Waals surface area contributed by atoms with Gasteiger partial charge in [0, 0.05) is 11.3 Å².